The lowest BCUT2D eigenvalue weighted by Crippen LogP contribution is -2.37. The van der Waals surface area contributed by atoms with Gasteiger partial charge in [-0.15, -0.1) is 10.2 Å². The van der Waals surface area contributed by atoms with E-state index in [1.165, 1.54) is 11.3 Å². The highest BCUT2D eigenvalue weighted by Crippen LogP contribution is 2.42. The predicted octanol–water partition coefficient (Wildman–Crippen LogP) is 5.15. The van der Waals surface area contributed by atoms with Gasteiger partial charge in [0, 0.05) is 5.75 Å². The van der Waals surface area contributed by atoms with Crippen LogP contribution in [0.25, 0.3) is 0 Å². The molecular formula is C22H20N4OS2. The Bertz CT molecular complexity index is 1020. The molecule has 4 rings (SSSR count). The van der Waals surface area contributed by atoms with Crippen LogP contribution < -0.4 is 5.32 Å². The molecule has 0 atom stereocenters. The highest BCUT2D eigenvalue weighted by atomic mass is 32.2. The van der Waals surface area contributed by atoms with Gasteiger partial charge in [0.25, 0.3) is 0 Å². The molecule has 29 heavy (non-hydrogen) atoms. The van der Waals surface area contributed by atoms with Crippen LogP contribution in [0.5, 0.6) is 0 Å². The molecule has 0 bridgehead atoms. The van der Waals surface area contributed by atoms with Crippen molar-refractivity contribution in [3.8, 4) is 6.07 Å². The van der Waals surface area contributed by atoms with E-state index < -0.39 is 5.41 Å². The molecule has 1 heterocycles. The standard InChI is InChI=1S/C22H20N4OS2/c23-14-16-8-10-17(11-9-16)15-28-21-26-25-20(29-21)24-19(27)22(12-4-5-13-22)18-6-2-1-3-7-18/h1-3,6-11H,4-5,12-13,15H2,(H,24,25,27). The number of nitrogens with zero attached hydrogens (tertiary/aromatic N) is 3. The van der Waals surface area contributed by atoms with Gasteiger partial charge in [-0.25, -0.2) is 0 Å². The van der Waals surface area contributed by atoms with E-state index in [1.54, 1.807) is 11.8 Å². The number of amides is 1. The second-order valence-electron chi connectivity index (χ2n) is 7.08. The second kappa shape index (κ2) is 8.76. The Morgan fingerprint density at radius 2 is 1.83 bits per heavy atom. The third-order valence-corrected chi connectivity index (χ3v) is 7.33. The molecule has 1 aliphatic carbocycles. The monoisotopic (exact) mass is 420 g/mol. The SMILES string of the molecule is N#Cc1ccc(CSc2nnc(NC(=O)C3(c4ccccc4)CCCC3)s2)cc1. The van der Waals surface area contributed by atoms with Crippen LogP contribution in [0.1, 0.15) is 42.4 Å². The minimum Gasteiger partial charge on any atom is -0.300 e. The van der Waals surface area contributed by atoms with Crippen molar-refractivity contribution in [1.82, 2.24) is 10.2 Å². The highest BCUT2D eigenvalue weighted by molar-refractivity contribution is 8.00. The lowest BCUT2D eigenvalue weighted by atomic mass is 9.78. The molecule has 0 aliphatic heterocycles. The molecule has 1 saturated carbocycles. The molecule has 3 aromatic rings. The zero-order valence-electron chi connectivity index (χ0n) is 15.8. The first-order chi connectivity index (χ1) is 14.2. The van der Waals surface area contributed by atoms with Gasteiger partial charge in [0.05, 0.1) is 17.0 Å². The van der Waals surface area contributed by atoms with Crippen LogP contribution in [0.3, 0.4) is 0 Å². The highest BCUT2D eigenvalue weighted by Gasteiger charge is 2.42. The summed E-state index contributed by atoms with van der Waals surface area (Å²) in [5.41, 5.74) is 2.38. The number of benzene rings is 2. The topological polar surface area (TPSA) is 78.7 Å². The third-order valence-electron chi connectivity index (χ3n) is 5.29. The minimum absolute atomic E-state index is 0.0148. The molecule has 146 valence electrons. The van der Waals surface area contributed by atoms with E-state index in [9.17, 15) is 4.79 Å². The summed E-state index contributed by atoms with van der Waals surface area (Å²) in [6.45, 7) is 0. The molecule has 0 unspecified atom stereocenters. The Kier molecular flexibility index (Phi) is 5.93. The quantitative estimate of drug-likeness (QED) is 0.440. The number of nitrogens with one attached hydrogen (secondary N) is 1. The van der Waals surface area contributed by atoms with Gasteiger partial charge in [-0.05, 0) is 36.1 Å². The van der Waals surface area contributed by atoms with E-state index in [-0.39, 0.29) is 5.91 Å². The number of anilines is 1. The molecule has 1 fully saturated rings. The minimum atomic E-state index is -0.470. The molecule has 5 nitrogen and oxygen atoms in total. The van der Waals surface area contributed by atoms with Crippen molar-refractivity contribution in [2.75, 3.05) is 5.32 Å². The van der Waals surface area contributed by atoms with Crippen LogP contribution >= 0.6 is 23.1 Å². The van der Waals surface area contributed by atoms with Crippen molar-refractivity contribution in [3.63, 3.8) is 0 Å². The van der Waals surface area contributed by atoms with Gasteiger partial charge >= 0.3 is 0 Å². The molecule has 1 aromatic heterocycles. The molecule has 0 spiro atoms. The summed E-state index contributed by atoms with van der Waals surface area (Å²) in [4.78, 5) is 13.2. The third kappa shape index (κ3) is 4.34. The van der Waals surface area contributed by atoms with Crippen molar-refractivity contribution in [2.24, 2.45) is 0 Å². The van der Waals surface area contributed by atoms with Crippen molar-refractivity contribution in [3.05, 3.63) is 71.3 Å². The van der Waals surface area contributed by atoms with Gasteiger partial charge in [0.2, 0.25) is 11.0 Å². The summed E-state index contributed by atoms with van der Waals surface area (Å²) < 4.78 is 0.810. The second-order valence-corrected chi connectivity index (χ2v) is 9.28. The molecule has 0 saturated heterocycles. The Hall–Kier alpha value is -2.69. The lowest BCUT2D eigenvalue weighted by molar-refractivity contribution is -0.121. The maximum absolute atomic E-state index is 13.2. The summed E-state index contributed by atoms with van der Waals surface area (Å²) in [6.07, 6.45) is 3.85. The fourth-order valence-electron chi connectivity index (χ4n) is 3.74. The van der Waals surface area contributed by atoms with E-state index in [0.29, 0.717) is 10.7 Å². The largest absolute Gasteiger partial charge is 0.300 e. The van der Waals surface area contributed by atoms with E-state index in [2.05, 4.69) is 21.6 Å². The number of rotatable bonds is 6. The molecule has 2 aromatic carbocycles. The van der Waals surface area contributed by atoms with Crippen molar-refractivity contribution < 1.29 is 4.79 Å². The Morgan fingerprint density at radius 3 is 2.52 bits per heavy atom. The zero-order chi connectivity index (χ0) is 20.1. The first kappa shape index (κ1) is 19.6. The van der Waals surface area contributed by atoms with Gasteiger partial charge in [-0.3, -0.25) is 10.1 Å². The number of thioether (sulfide) groups is 1. The molecule has 7 heteroatoms. The lowest BCUT2D eigenvalue weighted by Gasteiger charge is -2.27. The summed E-state index contributed by atoms with van der Waals surface area (Å²) >= 11 is 2.97. The summed E-state index contributed by atoms with van der Waals surface area (Å²) in [5, 5.41) is 20.8. The number of aromatic nitrogens is 2. The number of carbonyl (C=O) groups is 1. The zero-order valence-corrected chi connectivity index (χ0v) is 17.4. The fourth-order valence-corrected chi connectivity index (χ4v) is 5.44. The van der Waals surface area contributed by atoms with Crippen LogP contribution in [0.4, 0.5) is 5.13 Å². The predicted molar refractivity (Wildman–Crippen MR) is 116 cm³/mol. The first-order valence-electron chi connectivity index (χ1n) is 9.52. The van der Waals surface area contributed by atoms with E-state index >= 15 is 0 Å². The van der Waals surface area contributed by atoms with Gasteiger partial charge < -0.3 is 0 Å². The van der Waals surface area contributed by atoms with Crippen molar-refractivity contribution in [1.29, 1.82) is 5.26 Å². The molecule has 1 N–H and O–H groups in total. The molecule has 0 radical (unpaired) electrons. The van der Waals surface area contributed by atoms with Gasteiger partial charge in [0.15, 0.2) is 4.34 Å². The van der Waals surface area contributed by atoms with Crippen LogP contribution in [0, 0.1) is 11.3 Å². The number of carbonyl (C=O) groups excluding carboxylic acids is 1. The van der Waals surface area contributed by atoms with Crippen molar-refractivity contribution in [2.45, 2.75) is 41.2 Å². The normalized spacial score (nSPS) is 15.0. The smallest absolute Gasteiger partial charge is 0.236 e. The number of hydrogen-bond acceptors (Lipinski definition) is 6. The maximum atomic E-state index is 13.2. The summed E-state index contributed by atoms with van der Waals surface area (Å²) in [5.74, 6) is 0.753. The average molecular weight is 421 g/mol. The number of hydrogen-bond donors (Lipinski definition) is 1. The Balaban J connectivity index is 1.41. The van der Waals surface area contributed by atoms with E-state index in [4.69, 9.17) is 5.26 Å². The molecule has 1 aliphatic rings. The summed E-state index contributed by atoms with van der Waals surface area (Å²) in [7, 11) is 0. The van der Waals surface area contributed by atoms with Gasteiger partial charge in [-0.1, -0.05) is 78.4 Å². The maximum Gasteiger partial charge on any atom is 0.236 e. The van der Waals surface area contributed by atoms with Crippen LogP contribution in [0.2, 0.25) is 0 Å². The van der Waals surface area contributed by atoms with E-state index in [1.807, 2.05) is 54.6 Å². The van der Waals surface area contributed by atoms with Gasteiger partial charge in [0.1, 0.15) is 0 Å². The van der Waals surface area contributed by atoms with Gasteiger partial charge in [-0.2, -0.15) is 5.26 Å². The van der Waals surface area contributed by atoms with Crippen LogP contribution in [0.15, 0.2) is 58.9 Å². The first-order valence-corrected chi connectivity index (χ1v) is 11.3. The average Bonchev–Trinajstić information content (AvgIpc) is 3.44. The molecule has 1 amide bonds. The Morgan fingerprint density at radius 1 is 1.10 bits per heavy atom. The van der Waals surface area contributed by atoms with Crippen molar-refractivity contribution >= 4 is 34.1 Å². The van der Waals surface area contributed by atoms with E-state index in [0.717, 1.165) is 46.9 Å². The Labute approximate surface area is 178 Å². The molecular weight excluding hydrogens is 400 g/mol. The van der Waals surface area contributed by atoms with Crippen LogP contribution in [-0.4, -0.2) is 16.1 Å². The fraction of sp³-hybridized carbons (Fsp3) is 0.273. The number of nitriles is 1. The van der Waals surface area contributed by atoms with Crippen LogP contribution in [-0.2, 0) is 16.0 Å². The summed E-state index contributed by atoms with van der Waals surface area (Å²) in [6, 6.07) is 19.7.